The number of nitrogens with one attached hydrogen (secondary N) is 1. The summed E-state index contributed by atoms with van der Waals surface area (Å²) in [6.07, 6.45) is 5.31. The summed E-state index contributed by atoms with van der Waals surface area (Å²) in [5.41, 5.74) is 0. The van der Waals surface area contributed by atoms with Crippen LogP contribution in [0, 0.1) is 0 Å². The highest BCUT2D eigenvalue weighted by atomic mass is 79.9. The van der Waals surface area contributed by atoms with Crippen molar-refractivity contribution in [3.63, 3.8) is 0 Å². The van der Waals surface area contributed by atoms with Gasteiger partial charge in [0.2, 0.25) is 0 Å². The summed E-state index contributed by atoms with van der Waals surface area (Å²) < 4.78 is 28.5. The van der Waals surface area contributed by atoms with Gasteiger partial charge in [-0.1, -0.05) is 40.4 Å². The molecule has 1 aliphatic rings. The van der Waals surface area contributed by atoms with Crippen molar-refractivity contribution in [1.29, 1.82) is 0 Å². The molecule has 0 spiro atoms. The maximum atomic E-state index is 12.3. The Morgan fingerprint density at radius 3 is 2.72 bits per heavy atom. The Morgan fingerprint density at radius 1 is 1.50 bits per heavy atom. The number of alkyl halides is 1. The molecule has 5 nitrogen and oxygen atoms in total. The zero-order chi connectivity index (χ0) is 13.3. The molecule has 2 unspecified atom stereocenters. The molecule has 1 heterocycles. The first-order chi connectivity index (χ1) is 8.42. The van der Waals surface area contributed by atoms with E-state index >= 15 is 0 Å². The van der Waals surface area contributed by atoms with Crippen LogP contribution >= 0.6 is 27.5 Å². The summed E-state index contributed by atoms with van der Waals surface area (Å²) in [6, 6.07) is -0.0882. The van der Waals surface area contributed by atoms with Crippen LogP contribution < -0.4 is 4.72 Å². The molecule has 1 saturated carbocycles. The first-order valence-corrected chi connectivity index (χ1v) is 8.53. The molecule has 2 rings (SSSR count). The van der Waals surface area contributed by atoms with Gasteiger partial charge in [0.05, 0.1) is 11.2 Å². The molecule has 0 radical (unpaired) electrons. The smallest absolute Gasteiger partial charge is 0.255 e. The van der Waals surface area contributed by atoms with Gasteiger partial charge >= 0.3 is 0 Å². The number of sulfonamides is 1. The molecule has 1 fully saturated rings. The van der Waals surface area contributed by atoms with Gasteiger partial charge in [-0.3, -0.25) is 4.68 Å². The quantitative estimate of drug-likeness (QED) is 0.843. The van der Waals surface area contributed by atoms with Crippen molar-refractivity contribution >= 4 is 37.6 Å². The Morgan fingerprint density at radius 2 is 2.17 bits per heavy atom. The van der Waals surface area contributed by atoms with Crippen LogP contribution in [-0.2, 0) is 17.1 Å². The molecule has 0 aliphatic heterocycles. The fourth-order valence-corrected chi connectivity index (χ4v) is 5.04. The van der Waals surface area contributed by atoms with Crippen molar-refractivity contribution in [3.05, 3.63) is 11.2 Å². The average Bonchev–Trinajstić information content (AvgIpc) is 2.62. The highest BCUT2D eigenvalue weighted by molar-refractivity contribution is 9.09. The Kier molecular flexibility index (Phi) is 4.36. The first-order valence-electron chi connectivity index (χ1n) is 5.75. The summed E-state index contributed by atoms with van der Waals surface area (Å²) in [5, 5.41) is 4.02. The van der Waals surface area contributed by atoms with Gasteiger partial charge in [0.15, 0.2) is 5.03 Å². The molecule has 0 amide bonds. The largest absolute Gasteiger partial charge is 0.259 e. The van der Waals surface area contributed by atoms with Gasteiger partial charge < -0.3 is 0 Å². The Labute approximate surface area is 120 Å². The normalized spacial score (nSPS) is 25.3. The number of rotatable bonds is 3. The Bertz CT molecular complexity index is 512. The molecule has 1 aromatic rings. The summed E-state index contributed by atoms with van der Waals surface area (Å²) in [4.78, 5) is 0.174. The second-order valence-electron chi connectivity index (χ2n) is 4.45. The van der Waals surface area contributed by atoms with Gasteiger partial charge in [-0.05, 0) is 12.8 Å². The van der Waals surface area contributed by atoms with E-state index in [0.717, 1.165) is 25.7 Å². The van der Waals surface area contributed by atoms with Crippen LogP contribution in [0.15, 0.2) is 11.2 Å². The third-order valence-corrected chi connectivity index (χ3v) is 6.18. The minimum Gasteiger partial charge on any atom is -0.255 e. The number of aryl methyl sites for hydroxylation is 1. The lowest BCUT2D eigenvalue weighted by Gasteiger charge is -2.27. The van der Waals surface area contributed by atoms with E-state index in [2.05, 4.69) is 25.8 Å². The maximum Gasteiger partial charge on any atom is 0.259 e. The molecular weight excluding hydrogens is 342 g/mol. The van der Waals surface area contributed by atoms with Crippen molar-refractivity contribution in [1.82, 2.24) is 14.5 Å². The van der Waals surface area contributed by atoms with E-state index in [1.54, 1.807) is 7.05 Å². The SMILES string of the molecule is Cn1ncc(Cl)c1S(=O)(=O)NC1CCCCC1Br. The second kappa shape index (κ2) is 5.48. The third kappa shape index (κ3) is 2.89. The molecule has 0 bridgehead atoms. The molecule has 2 atom stereocenters. The van der Waals surface area contributed by atoms with E-state index in [4.69, 9.17) is 11.6 Å². The van der Waals surface area contributed by atoms with E-state index < -0.39 is 10.0 Å². The molecule has 8 heteroatoms. The van der Waals surface area contributed by atoms with E-state index in [-0.39, 0.29) is 20.9 Å². The van der Waals surface area contributed by atoms with Gasteiger partial charge in [-0.2, -0.15) is 5.10 Å². The first kappa shape index (κ1) is 14.3. The number of nitrogens with zero attached hydrogens (tertiary/aromatic N) is 2. The highest BCUT2D eigenvalue weighted by Crippen LogP contribution is 2.27. The lowest BCUT2D eigenvalue weighted by Crippen LogP contribution is -2.43. The molecule has 0 aromatic carbocycles. The fourth-order valence-electron chi connectivity index (χ4n) is 2.18. The molecule has 1 aliphatic carbocycles. The molecular formula is C10H15BrClN3O2S. The van der Waals surface area contributed by atoms with Gasteiger partial charge in [-0.25, -0.2) is 13.1 Å². The maximum absolute atomic E-state index is 12.3. The molecule has 102 valence electrons. The highest BCUT2D eigenvalue weighted by Gasteiger charge is 2.30. The lowest BCUT2D eigenvalue weighted by atomic mass is 9.96. The molecule has 1 N–H and O–H groups in total. The van der Waals surface area contributed by atoms with Gasteiger partial charge in [-0.15, -0.1) is 0 Å². The summed E-state index contributed by atoms with van der Waals surface area (Å²) in [6.45, 7) is 0. The zero-order valence-corrected chi connectivity index (χ0v) is 13.1. The van der Waals surface area contributed by atoms with E-state index in [9.17, 15) is 8.42 Å². The van der Waals surface area contributed by atoms with Crippen LogP contribution in [0.25, 0.3) is 0 Å². The predicted octanol–water partition coefficient (Wildman–Crippen LogP) is 2.06. The van der Waals surface area contributed by atoms with Crippen molar-refractivity contribution in [3.8, 4) is 0 Å². The Hall–Kier alpha value is -0.110. The van der Waals surface area contributed by atoms with Gasteiger partial charge in [0, 0.05) is 17.9 Å². The Balaban J connectivity index is 2.22. The summed E-state index contributed by atoms with van der Waals surface area (Å²) in [7, 11) is -2.06. The van der Waals surface area contributed by atoms with Crippen molar-refractivity contribution in [2.75, 3.05) is 0 Å². The molecule has 18 heavy (non-hydrogen) atoms. The lowest BCUT2D eigenvalue weighted by molar-refractivity contribution is 0.425. The van der Waals surface area contributed by atoms with Crippen molar-refractivity contribution in [2.24, 2.45) is 7.05 Å². The van der Waals surface area contributed by atoms with Crippen LogP contribution in [0.2, 0.25) is 5.02 Å². The number of aromatic nitrogens is 2. The van der Waals surface area contributed by atoms with Crippen LogP contribution in [0.1, 0.15) is 25.7 Å². The van der Waals surface area contributed by atoms with E-state index in [1.807, 2.05) is 0 Å². The summed E-state index contributed by atoms with van der Waals surface area (Å²) in [5.74, 6) is 0. The minimum absolute atomic E-state index is 0.0226. The monoisotopic (exact) mass is 355 g/mol. The van der Waals surface area contributed by atoms with Crippen LogP contribution in [0.5, 0.6) is 0 Å². The fraction of sp³-hybridized carbons (Fsp3) is 0.700. The number of hydrogen-bond donors (Lipinski definition) is 1. The van der Waals surface area contributed by atoms with Gasteiger partial charge in [0.25, 0.3) is 10.0 Å². The van der Waals surface area contributed by atoms with Crippen LogP contribution in [0.3, 0.4) is 0 Å². The van der Waals surface area contributed by atoms with Gasteiger partial charge in [0.1, 0.15) is 0 Å². The predicted molar refractivity (Wildman–Crippen MR) is 73.5 cm³/mol. The van der Waals surface area contributed by atoms with E-state index in [1.165, 1.54) is 10.9 Å². The minimum atomic E-state index is -3.62. The van der Waals surface area contributed by atoms with Crippen molar-refractivity contribution in [2.45, 2.75) is 41.6 Å². The summed E-state index contributed by atoms with van der Waals surface area (Å²) >= 11 is 9.39. The van der Waals surface area contributed by atoms with Crippen molar-refractivity contribution < 1.29 is 8.42 Å². The zero-order valence-electron chi connectivity index (χ0n) is 9.94. The standard InChI is InChI=1S/C10H15BrClN3O2S/c1-15-10(8(12)6-13-15)18(16,17)14-9-5-3-2-4-7(9)11/h6-7,9,14H,2-5H2,1H3. The van der Waals surface area contributed by atoms with Crippen LogP contribution in [0.4, 0.5) is 0 Å². The van der Waals surface area contributed by atoms with Crippen LogP contribution in [-0.4, -0.2) is 29.1 Å². The van der Waals surface area contributed by atoms with E-state index in [0.29, 0.717) is 0 Å². The topological polar surface area (TPSA) is 64.0 Å². The molecule has 1 aromatic heterocycles. The molecule has 0 saturated heterocycles. The number of hydrogen-bond acceptors (Lipinski definition) is 3. The second-order valence-corrected chi connectivity index (χ2v) is 7.66. The average molecular weight is 357 g/mol. The number of halogens is 2. The third-order valence-electron chi connectivity index (χ3n) is 3.09.